The van der Waals surface area contributed by atoms with Gasteiger partial charge in [-0.3, -0.25) is 14.4 Å². The Labute approximate surface area is 237 Å². The van der Waals surface area contributed by atoms with Crippen LogP contribution in [0.2, 0.25) is 0 Å². The monoisotopic (exact) mass is 552 g/mol. The molecule has 0 radical (unpaired) electrons. The highest BCUT2D eigenvalue weighted by atomic mass is 16.5. The maximum atomic E-state index is 13.8. The van der Waals surface area contributed by atoms with E-state index in [4.69, 9.17) is 4.74 Å². The first-order valence-electron chi connectivity index (χ1n) is 13.7. The van der Waals surface area contributed by atoms with Gasteiger partial charge in [-0.25, -0.2) is 0 Å². The Morgan fingerprint density at radius 3 is 2.56 bits per heavy atom. The molecule has 0 saturated carbocycles. The van der Waals surface area contributed by atoms with Crippen molar-refractivity contribution in [2.45, 2.75) is 37.6 Å². The molecule has 1 aromatic heterocycles. The molecule has 0 aliphatic carbocycles. The van der Waals surface area contributed by atoms with Gasteiger partial charge >= 0.3 is 0 Å². The van der Waals surface area contributed by atoms with Gasteiger partial charge in [0, 0.05) is 49.1 Å². The van der Waals surface area contributed by atoms with Gasteiger partial charge < -0.3 is 29.5 Å². The number of carbonyl (C=O) groups is 3. The van der Waals surface area contributed by atoms with E-state index in [1.165, 1.54) is 4.90 Å². The maximum absolute atomic E-state index is 13.8. The number of hydrogen-bond donors (Lipinski definition) is 2. The minimum absolute atomic E-state index is 0.0372. The lowest BCUT2D eigenvalue weighted by atomic mass is 9.95. The molecule has 1 saturated heterocycles. The topological polar surface area (TPSA) is 104 Å². The Balaban J connectivity index is 1.28. The van der Waals surface area contributed by atoms with Gasteiger partial charge in [0.05, 0.1) is 31.0 Å². The zero-order valence-electron chi connectivity index (χ0n) is 23.0. The van der Waals surface area contributed by atoms with Crippen LogP contribution in [-0.2, 0) is 29.6 Å². The molecule has 0 spiro atoms. The lowest BCUT2D eigenvalue weighted by molar-refractivity contribution is -0.130. The van der Waals surface area contributed by atoms with Crippen molar-refractivity contribution in [3.8, 4) is 5.75 Å². The number of aromatic nitrogens is 1. The molecule has 2 unspecified atom stereocenters. The Morgan fingerprint density at radius 1 is 1.02 bits per heavy atom. The van der Waals surface area contributed by atoms with Gasteiger partial charge in [0.2, 0.25) is 11.8 Å². The van der Waals surface area contributed by atoms with Gasteiger partial charge in [-0.15, -0.1) is 0 Å². The van der Waals surface area contributed by atoms with Gasteiger partial charge in [0.25, 0.3) is 5.91 Å². The van der Waals surface area contributed by atoms with Crippen LogP contribution in [0, 0.1) is 0 Å². The summed E-state index contributed by atoms with van der Waals surface area (Å²) in [5, 5.41) is 14.2. The molecule has 1 fully saturated rings. The summed E-state index contributed by atoms with van der Waals surface area (Å²) in [6.45, 7) is 0.371. The number of nitrogens with one attached hydrogen (secondary N) is 1. The molecule has 41 heavy (non-hydrogen) atoms. The van der Waals surface area contributed by atoms with E-state index in [1.54, 1.807) is 18.2 Å². The third-order valence-electron chi connectivity index (χ3n) is 8.06. The average Bonchev–Trinajstić information content (AvgIpc) is 3.55. The molecule has 3 amide bonds. The fourth-order valence-electron chi connectivity index (χ4n) is 6.07. The van der Waals surface area contributed by atoms with Crippen molar-refractivity contribution in [3.05, 3.63) is 95.7 Å². The summed E-state index contributed by atoms with van der Waals surface area (Å²) in [4.78, 5) is 44.4. The molecule has 9 nitrogen and oxygen atoms in total. The maximum Gasteiger partial charge on any atom is 0.256 e. The van der Waals surface area contributed by atoms with E-state index < -0.39 is 24.1 Å². The number of fused-ring (bicyclic) bond motifs is 2. The van der Waals surface area contributed by atoms with Crippen LogP contribution in [0.3, 0.4) is 0 Å². The summed E-state index contributed by atoms with van der Waals surface area (Å²) in [6, 6.07) is 21.0. The number of aliphatic hydroxyl groups excluding tert-OH is 1. The number of aliphatic hydroxyl groups is 1. The fraction of sp³-hybridized carbons (Fsp3) is 0.281. The number of amides is 3. The zero-order valence-corrected chi connectivity index (χ0v) is 23.0. The van der Waals surface area contributed by atoms with Crippen LogP contribution in [-0.4, -0.2) is 64.1 Å². The van der Waals surface area contributed by atoms with E-state index in [2.05, 4.69) is 5.32 Å². The third kappa shape index (κ3) is 4.82. The summed E-state index contributed by atoms with van der Waals surface area (Å²) in [5.41, 5.74) is 3.89. The second-order valence-corrected chi connectivity index (χ2v) is 10.7. The number of hydrogen-bond acceptors (Lipinski definition) is 5. The van der Waals surface area contributed by atoms with Crippen molar-refractivity contribution in [2.24, 2.45) is 7.05 Å². The van der Waals surface area contributed by atoms with E-state index >= 15 is 0 Å². The number of aryl methyl sites for hydroxylation is 1. The van der Waals surface area contributed by atoms with E-state index in [0.29, 0.717) is 17.9 Å². The first-order chi connectivity index (χ1) is 19.9. The summed E-state index contributed by atoms with van der Waals surface area (Å²) in [7, 11) is 3.45. The number of ether oxygens (including phenoxy) is 1. The number of para-hydroxylation sites is 1. The van der Waals surface area contributed by atoms with Crippen LogP contribution < -0.4 is 15.0 Å². The number of benzene rings is 3. The lowest BCUT2D eigenvalue weighted by Gasteiger charge is -2.36. The number of β-amino-alcohol motifs (C(OH)–C–C–N with tert-alkyl or cyclic N) is 1. The Morgan fingerprint density at radius 2 is 1.78 bits per heavy atom. The van der Waals surface area contributed by atoms with Crippen molar-refractivity contribution < 1.29 is 24.2 Å². The summed E-state index contributed by atoms with van der Waals surface area (Å²) < 4.78 is 7.48. The van der Waals surface area contributed by atoms with E-state index in [1.807, 2.05) is 84.4 Å². The fourth-order valence-corrected chi connectivity index (χ4v) is 6.07. The minimum atomic E-state index is -0.911. The van der Waals surface area contributed by atoms with Crippen molar-refractivity contribution in [1.29, 1.82) is 0 Å². The number of likely N-dealkylation sites (tertiary alicyclic amines) is 1. The third-order valence-corrected chi connectivity index (χ3v) is 8.06. The molecule has 3 atom stereocenters. The van der Waals surface area contributed by atoms with Gasteiger partial charge in [-0.1, -0.05) is 54.6 Å². The smallest absolute Gasteiger partial charge is 0.256 e. The summed E-state index contributed by atoms with van der Waals surface area (Å²) in [6.07, 6.45) is 1.25. The van der Waals surface area contributed by atoms with Gasteiger partial charge in [0.1, 0.15) is 17.8 Å². The molecule has 9 heteroatoms. The van der Waals surface area contributed by atoms with Crippen molar-refractivity contribution >= 4 is 34.3 Å². The quantitative estimate of drug-likeness (QED) is 0.383. The van der Waals surface area contributed by atoms with Crippen LogP contribution in [0.4, 0.5) is 5.69 Å². The molecule has 3 heterocycles. The molecule has 6 rings (SSSR count). The van der Waals surface area contributed by atoms with Crippen LogP contribution >= 0.6 is 0 Å². The molecular formula is C32H32N4O5. The van der Waals surface area contributed by atoms with Crippen LogP contribution in [0.15, 0.2) is 79.0 Å². The second-order valence-electron chi connectivity index (χ2n) is 10.7. The molecule has 210 valence electrons. The largest absolute Gasteiger partial charge is 0.496 e. The van der Waals surface area contributed by atoms with Crippen LogP contribution in [0.5, 0.6) is 5.75 Å². The highest BCUT2D eigenvalue weighted by molar-refractivity contribution is 6.09. The van der Waals surface area contributed by atoms with Gasteiger partial charge in [-0.2, -0.15) is 0 Å². The number of methoxy groups -OCH3 is 1. The van der Waals surface area contributed by atoms with Crippen molar-refractivity contribution in [1.82, 2.24) is 14.8 Å². The van der Waals surface area contributed by atoms with E-state index in [9.17, 15) is 19.5 Å². The Kier molecular flexibility index (Phi) is 6.96. The summed E-state index contributed by atoms with van der Waals surface area (Å²) >= 11 is 0. The molecule has 4 aromatic rings. The molecule has 2 N–H and O–H groups in total. The number of carbonyl (C=O) groups excluding carboxylic acids is 3. The standard InChI is InChI=1S/C32H32N4O5/c1-34-19-24(22-11-6-7-12-26(22)34)31(39)36-18-21(37)15-28(36)30(38)33-25-16-23-27(13-8-14-29(23)41-2)35(32(25)40)17-20-9-4-3-5-10-20/h3-14,19,21,25,28,37H,15-18H2,1-2H3,(H,33,38)/t21-,25?,28?/m1/s1. The Bertz CT molecular complexity index is 1630. The zero-order chi connectivity index (χ0) is 28.7. The van der Waals surface area contributed by atoms with Gasteiger partial charge in [-0.05, 0) is 23.8 Å². The predicted molar refractivity (Wildman–Crippen MR) is 155 cm³/mol. The normalized spacial score (nSPS) is 20.3. The minimum Gasteiger partial charge on any atom is -0.496 e. The molecule has 2 aliphatic heterocycles. The van der Waals surface area contributed by atoms with E-state index in [0.717, 1.165) is 27.7 Å². The Hall–Kier alpha value is -4.63. The molecule has 0 bridgehead atoms. The first-order valence-corrected chi connectivity index (χ1v) is 13.7. The highest BCUT2D eigenvalue weighted by Gasteiger charge is 2.42. The number of rotatable bonds is 6. The summed E-state index contributed by atoms with van der Waals surface area (Å²) in [5.74, 6) is -0.400. The number of anilines is 1. The lowest BCUT2D eigenvalue weighted by Crippen LogP contribution is -2.56. The molecule has 2 aliphatic rings. The van der Waals surface area contributed by atoms with Crippen LogP contribution in [0.1, 0.15) is 27.9 Å². The van der Waals surface area contributed by atoms with Crippen molar-refractivity contribution in [3.63, 3.8) is 0 Å². The van der Waals surface area contributed by atoms with E-state index in [-0.39, 0.29) is 31.2 Å². The predicted octanol–water partition coefficient (Wildman–Crippen LogP) is 3.04. The highest BCUT2D eigenvalue weighted by Crippen LogP contribution is 2.36. The molecular weight excluding hydrogens is 520 g/mol. The molecule has 3 aromatic carbocycles. The second kappa shape index (κ2) is 10.7. The number of nitrogens with zero attached hydrogens (tertiary/aromatic N) is 3. The SMILES string of the molecule is COc1cccc2c1CC(NC(=O)C1C[C@@H](O)CN1C(=O)c1cn(C)c3ccccc13)C(=O)N2Cc1ccccc1. The average molecular weight is 553 g/mol. The first kappa shape index (κ1) is 26.6. The van der Waals surface area contributed by atoms with Crippen LogP contribution in [0.25, 0.3) is 10.9 Å². The van der Waals surface area contributed by atoms with Crippen molar-refractivity contribution in [2.75, 3.05) is 18.6 Å². The van der Waals surface area contributed by atoms with Gasteiger partial charge in [0.15, 0.2) is 0 Å².